The van der Waals surface area contributed by atoms with Crippen molar-refractivity contribution in [1.29, 1.82) is 0 Å². The SMILES string of the molecule is CC(=O)NCC(=O)N1CCC2(CC(=O)N(c3ccccc3)C2)C1. The summed E-state index contributed by atoms with van der Waals surface area (Å²) in [4.78, 5) is 39.0. The van der Waals surface area contributed by atoms with E-state index in [2.05, 4.69) is 5.32 Å². The highest BCUT2D eigenvalue weighted by molar-refractivity contribution is 5.96. The highest BCUT2D eigenvalue weighted by Crippen LogP contribution is 2.41. The summed E-state index contributed by atoms with van der Waals surface area (Å²) in [5.74, 6) is -0.173. The van der Waals surface area contributed by atoms with Crippen LogP contribution in [-0.4, -0.2) is 48.8 Å². The lowest BCUT2D eigenvalue weighted by Crippen LogP contribution is -2.40. The molecule has 0 saturated carbocycles. The molecule has 2 aliphatic rings. The first kappa shape index (κ1) is 15.5. The third-order valence-electron chi connectivity index (χ3n) is 4.67. The molecule has 3 amide bonds. The van der Waals surface area contributed by atoms with E-state index in [1.807, 2.05) is 35.2 Å². The second-order valence-electron chi connectivity index (χ2n) is 6.47. The molecule has 0 aromatic heterocycles. The minimum atomic E-state index is -0.210. The van der Waals surface area contributed by atoms with Crippen molar-refractivity contribution in [3.05, 3.63) is 30.3 Å². The van der Waals surface area contributed by atoms with Crippen LogP contribution >= 0.6 is 0 Å². The smallest absolute Gasteiger partial charge is 0.241 e. The van der Waals surface area contributed by atoms with E-state index in [1.165, 1.54) is 6.92 Å². The van der Waals surface area contributed by atoms with E-state index in [0.29, 0.717) is 26.1 Å². The Bertz CT molecular complexity index is 631. The molecule has 1 spiro atoms. The van der Waals surface area contributed by atoms with Gasteiger partial charge in [0.1, 0.15) is 0 Å². The molecule has 0 radical (unpaired) electrons. The maximum atomic E-state index is 12.4. The molecular weight excluding hydrogens is 294 g/mol. The van der Waals surface area contributed by atoms with Crippen LogP contribution in [0, 0.1) is 5.41 Å². The Balaban J connectivity index is 1.65. The van der Waals surface area contributed by atoms with Gasteiger partial charge in [0.15, 0.2) is 0 Å². The maximum Gasteiger partial charge on any atom is 0.241 e. The van der Waals surface area contributed by atoms with E-state index < -0.39 is 0 Å². The molecule has 2 aliphatic heterocycles. The Kier molecular flexibility index (Phi) is 4.07. The quantitative estimate of drug-likeness (QED) is 0.896. The molecule has 1 aromatic carbocycles. The number of hydrogen-bond donors (Lipinski definition) is 1. The number of amides is 3. The van der Waals surface area contributed by atoms with Crippen molar-refractivity contribution in [2.45, 2.75) is 19.8 Å². The second kappa shape index (κ2) is 6.02. The molecule has 23 heavy (non-hydrogen) atoms. The van der Waals surface area contributed by atoms with Crippen molar-refractivity contribution >= 4 is 23.4 Å². The number of carbonyl (C=O) groups is 3. The summed E-state index contributed by atoms with van der Waals surface area (Å²) in [6.45, 7) is 3.31. The minimum absolute atomic E-state index is 0.0295. The van der Waals surface area contributed by atoms with E-state index in [0.717, 1.165) is 12.1 Å². The third kappa shape index (κ3) is 3.21. The van der Waals surface area contributed by atoms with E-state index in [4.69, 9.17) is 0 Å². The molecule has 1 aromatic rings. The fourth-order valence-electron chi connectivity index (χ4n) is 3.47. The fourth-order valence-corrected chi connectivity index (χ4v) is 3.47. The highest BCUT2D eigenvalue weighted by atomic mass is 16.2. The summed E-state index contributed by atoms with van der Waals surface area (Å²) in [5.41, 5.74) is 0.760. The lowest BCUT2D eigenvalue weighted by atomic mass is 9.86. The first-order valence-electron chi connectivity index (χ1n) is 7.87. The van der Waals surface area contributed by atoms with Gasteiger partial charge in [0.2, 0.25) is 17.7 Å². The van der Waals surface area contributed by atoms with Crippen molar-refractivity contribution in [2.75, 3.05) is 31.1 Å². The van der Waals surface area contributed by atoms with Crippen molar-refractivity contribution in [3.63, 3.8) is 0 Å². The van der Waals surface area contributed by atoms with Gasteiger partial charge >= 0.3 is 0 Å². The van der Waals surface area contributed by atoms with Crippen LogP contribution in [0.25, 0.3) is 0 Å². The number of hydrogen-bond acceptors (Lipinski definition) is 3. The molecule has 1 N–H and O–H groups in total. The molecule has 2 fully saturated rings. The summed E-state index contributed by atoms with van der Waals surface area (Å²) in [7, 11) is 0. The summed E-state index contributed by atoms with van der Waals surface area (Å²) in [5, 5.41) is 2.54. The van der Waals surface area contributed by atoms with Crippen LogP contribution in [0.3, 0.4) is 0 Å². The van der Waals surface area contributed by atoms with Gasteiger partial charge in [-0.1, -0.05) is 18.2 Å². The van der Waals surface area contributed by atoms with Gasteiger partial charge < -0.3 is 15.1 Å². The third-order valence-corrected chi connectivity index (χ3v) is 4.67. The van der Waals surface area contributed by atoms with Gasteiger partial charge in [-0.25, -0.2) is 0 Å². The zero-order chi connectivity index (χ0) is 16.4. The predicted octanol–water partition coefficient (Wildman–Crippen LogP) is 0.778. The summed E-state index contributed by atoms with van der Waals surface area (Å²) >= 11 is 0. The first-order chi connectivity index (χ1) is 11.0. The average Bonchev–Trinajstić information content (AvgIpc) is 3.09. The summed E-state index contributed by atoms with van der Waals surface area (Å²) < 4.78 is 0. The largest absolute Gasteiger partial charge is 0.347 e. The van der Waals surface area contributed by atoms with Gasteiger partial charge in [-0.3, -0.25) is 14.4 Å². The van der Waals surface area contributed by atoms with Crippen molar-refractivity contribution < 1.29 is 14.4 Å². The molecule has 122 valence electrons. The number of nitrogens with one attached hydrogen (secondary N) is 1. The van der Waals surface area contributed by atoms with E-state index >= 15 is 0 Å². The topological polar surface area (TPSA) is 69.7 Å². The van der Waals surface area contributed by atoms with Crippen LogP contribution in [0.4, 0.5) is 5.69 Å². The van der Waals surface area contributed by atoms with E-state index in [-0.39, 0.29) is 29.7 Å². The van der Waals surface area contributed by atoms with Crippen LogP contribution in [0.15, 0.2) is 30.3 Å². The van der Waals surface area contributed by atoms with Crippen LogP contribution in [0.2, 0.25) is 0 Å². The fraction of sp³-hybridized carbons (Fsp3) is 0.471. The Morgan fingerprint density at radius 2 is 1.96 bits per heavy atom. The molecule has 1 atom stereocenters. The average molecular weight is 315 g/mol. The zero-order valence-corrected chi connectivity index (χ0v) is 13.2. The number of benzene rings is 1. The van der Waals surface area contributed by atoms with Gasteiger partial charge in [0.05, 0.1) is 6.54 Å². The van der Waals surface area contributed by atoms with Gasteiger partial charge in [-0.15, -0.1) is 0 Å². The molecule has 6 nitrogen and oxygen atoms in total. The summed E-state index contributed by atoms with van der Waals surface area (Å²) in [6.07, 6.45) is 1.31. The number of nitrogens with zero attached hydrogens (tertiary/aromatic N) is 2. The second-order valence-corrected chi connectivity index (χ2v) is 6.47. The maximum absolute atomic E-state index is 12.4. The van der Waals surface area contributed by atoms with Crippen LogP contribution in [0.1, 0.15) is 19.8 Å². The number of rotatable bonds is 3. The normalized spacial score (nSPS) is 23.6. The standard InChI is InChI=1S/C17H21N3O3/c1-13(21)18-10-16(23)19-8-7-17(11-19)9-15(22)20(12-17)14-5-3-2-4-6-14/h2-6H,7-12H2,1H3,(H,18,21). The Hall–Kier alpha value is -2.37. The van der Waals surface area contributed by atoms with Gasteiger partial charge in [-0.05, 0) is 18.6 Å². The molecule has 0 aliphatic carbocycles. The molecule has 6 heteroatoms. The first-order valence-corrected chi connectivity index (χ1v) is 7.87. The van der Waals surface area contributed by atoms with Crippen molar-refractivity contribution in [1.82, 2.24) is 10.2 Å². The molecule has 3 rings (SSSR count). The van der Waals surface area contributed by atoms with Crippen LogP contribution in [0.5, 0.6) is 0 Å². The van der Waals surface area contributed by atoms with Crippen LogP contribution < -0.4 is 10.2 Å². The number of para-hydroxylation sites is 1. The molecule has 1 unspecified atom stereocenters. The lowest BCUT2D eigenvalue weighted by Gasteiger charge is -2.24. The lowest BCUT2D eigenvalue weighted by molar-refractivity contribution is -0.132. The van der Waals surface area contributed by atoms with Gasteiger partial charge in [-0.2, -0.15) is 0 Å². The molecule has 0 bridgehead atoms. The Labute approximate surface area is 135 Å². The molecule has 2 saturated heterocycles. The van der Waals surface area contributed by atoms with E-state index in [9.17, 15) is 14.4 Å². The molecule has 2 heterocycles. The van der Waals surface area contributed by atoms with E-state index in [1.54, 1.807) is 4.90 Å². The zero-order valence-electron chi connectivity index (χ0n) is 13.2. The highest BCUT2D eigenvalue weighted by Gasteiger charge is 2.48. The van der Waals surface area contributed by atoms with Crippen molar-refractivity contribution in [2.24, 2.45) is 5.41 Å². The van der Waals surface area contributed by atoms with Crippen LogP contribution in [-0.2, 0) is 14.4 Å². The number of likely N-dealkylation sites (tertiary alicyclic amines) is 1. The number of anilines is 1. The van der Waals surface area contributed by atoms with Gasteiger partial charge in [0.25, 0.3) is 0 Å². The summed E-state index contributed by atoms with van der Waals surface area (Å²) in [6, 6.07) is 9.64. The monoisotopic (exact) mass is 315 g/mol. The Morgan fingerprint density at radius 3 is 2.65 bits per heavy atom. The van der Waals surface area contributed by atoms with Gasteiger partial charge in [0, 0.05) is 44.1 Å². The molecular formula is C17H21N3O3. The van der Waals surface area contributed by atoms with Crippen molar-refractivity contribution in [3.8, 4) is 0 Å². The number of carbonyl (C=O) groups excluding carboxylic acids is 3. The minimum Gasteiger partial charge on any atom is -0.347 e. The predicted molar refractivity (Wildman–Crippen MR) is 85.7 cm³/mol. The Morgan fingerprint density at radius 1 is 1.22 bits per heavy atom.